The van der Waals surface area contributed by atoms with Crippen LogP contribution >= 0.6 is 0 Å². The lowest BCUT2D eigenvalue weighted by Crippen LogP contribution is -2.22. The molecule has 0 fully saturated rings. The normalized spacial score (nSPS) is 11.0. The second-order valence-electron chi connectivity index (χ2n) is 8.47. The van der Waals surface area contributed by atoms with Gasteiger partial charge in [0.05, 0.1) is 19.6 Å². The molecule has 0 unspecified atom stereocenters. The van der Waals surface area contributed by atoms with Gasteiger partial charge >= 0.3 is 11.6 Å². The van der Waals surface area contributed by atoms with Crippen molar-refractivity contribution >= 4 is 27.9 Å². The first-order valence-corrected chi connectivity index (χ1v) is 11.4. The lowest BCUT2D eigenvalue weighted by Gasteiger charge is -2.13. The van der Waals surface area contributed by atoms with E-state index in [9.17, 15) is 14.4 Å². The van der Waals surface area contributed by atoms with Gasteiger partial charge < -0.3 is 23.0 Å². The third-order valence-corrected chi connectivity index (χ3v) is 6.17. The highest BCUT2D eigenvalue weighted by atomic mass is 16.5. The van der Waals surface area contributed by atoms with Crippen LogP contribution in [0.2, 0.25) is 0 Å². The molecule has 8 nitrogen and oxygen atoms in total. The number of para-hydroxylation sites is 1. The summed E-state index contributed by atoms with van der Waals surface area (Å²) in [7, 11) is 2.98. The molecule has 0 spiro atoms. The summed E-state index contributed by atoms with van der Waals surface area (Å²) in [6, 6.07) is 16.5. The quantitative estimate of drug-likeness (QED) is 0.234. The van der Waals surface area contributed by atoms with Crippen LogP contribution in [0.25, 0.3) is 33.3 Å². The third kappa shape index (κ3) is 4.23. The van der Waals surface area contributed by atoms with E-state index in [-0.39, 0.29) is 22.5 Å². The highest BCUT2D eigenvalue weighted by Crippen LogP contribution is 2.37. The fourth-order valence-corrected chi connectivity index (χ4v) is 4.05. The maximum atomic E-state index is 13.6. The maximum Gasteiger partial charge on any atom is 0.351 e. The van der Waals surface area contributed by atoms with E-state index in [0.29, 0.717) is 33.6 Å². The Morgan fingerprint density at radius 1 is 0.784 bits per heavy atom. The first kappa shape index (κ1) is 23.9. The van der Waals surface area contributed by atoms with Gasteiger partial charge in [-0.3, -0.25) is 4.79 Å². The molecular formula is C29H22O8. The van der Waals surface area contributed by atoms with Crippen LogP contribution in [0.4, 0.5) is 0 Å². The molecule has 3 aromatic carbocycles. The number of fused-ring (bicyclic) bond motifs is 2. The number of methoxy groups -OCH3 is 2. The molecule has 5 aromatic rings. The minimum absolute atomic E-state index is 0.000216. The van der Waals surface area contributed by atoms with Crippen molar-refractivity contribution in [2.45, 2.75) is 13.8 Å². The van der Waals surface area contributed by atoms with Gasteiger partial charge in [0, 0.05) is 10.9 Å². The van der Waals surface area contributed by atoms with Crippen molar-refractivity contribution in [3.63, 3.8) is 0 Å². The smallest absolute Gasteiger partial charge is 0.351 e. The summed E-state index contributed by atoms with van der Waals surface area (Å²) >= 11 is 0. The van der Waals surface area contributed by atoms with Crippen LogP contribution in [0, 0.1) is 13.8 Å². The van der Waals surface area contributed by atoms with Crippen molar-refractivity contribution in [1.29, 1.82) is 0 Å². The Morgan fingerprint density at radius 2 is 1.51 bits per heavy atom. The molecule has 186 valence electrons. The zero-order valence-electron chi connectivity index (χ0n) is 20.5. The standard InChI is InChI=1S/C29H22O8/c1-15-11-19-23(12-16(15)2)35-26(18-9-10-22(33-3)24(14-18)34-4)27(25(19)30)37-29(32)20-13-17-7-5-6-8-21(17)36-28(20)31/h5-14H,1-4H3. The Hall–Kier alpha value is -4.85. The van der Waals surface area contributed by atoms with Crippen LogP contribution in [0.3, 0.4) is 0 Å². The second kappa shape index (κ2) is 9.31. The zero-order valence-corrected chi connectivity index (χ0v) is 20.5. The average molecular weight is 498 g/mol. The van der Waals surface area contributed by atoms with Gasteiger partial charge in [-0.25, -0.2) is 9.59 Å². The molecule has 0 bridgehead atoms. The molecular weight excluding hydrogens is 476 g/mol. The highest BCUT2D eigenvalue weighted by molar-refractivity contribution is 5.95. The summed E-state index contributed by atoms with van der Waals surface area (Å²) < 4.78 is 27.7. The lowest BCUT2D eigenvalue weighted by atomic mass is 10.0. The molecule has 0 aliphatic rings. The summed E-state index contributed by atoms with van der Waals surface area (Å²) in [6.07, 6.45) is 0. The van der Waals surface area contributed by atoms with Crippen molar-refractivity contribution < 1.29 is 27.8 Å². The Kier molecular flexibility index (Phi) is 6.01. The molecule has 0 radical (unpaired) electrons. The first-order chi connectivity index (χ1) is 17.8. The first-order valence-electron chi connectivity index (χ1n) is 11.4. The number of carbonyl (C=O) groups is 1. The van der Waals surface area contributed by atoms with Crippen LogP contribution < -0.4 is 25.3 Å². The van der Waals surface area contributed by atoms with Crippen molar-refractivity contribution in [3.05, 3.63) is 98.0 Å². The zero-order chi connectivity index (χ0) is 26.3. The van der Waals surface area contributed by atoms with Gasteiger partial charge in [-0.2, -0.15) is 0 Å². The predicted octanol–water partition coefficient (Wildman–Crippen LogP) is 5.42. The minimum atomic E-state index is -1.04. The summed E-state index contributed by atoms with van der Waals surface area (Å²) in [5, 5.41) is 0.770. The maximum absolute atomic E-state index is 13.6. The molecule has 0 aliphatic heterocycles. The summed E-state index contributed by atoms with van der Waals surface area (Å²) in [4.78, 5) is 39.4. The van der Waals surface area contributed by atoms with Gasteiger partial charge in [-0.15, -0.1) is 0 Å². The van der Waals surface area contributed by atoms with E-state index < -0.39 is 17.0 Å². The summed E-state index contributed by atoms with van der Waals surface area (Å²) in [5.74, 6) is -0.555. The molecule has 0 atom stereocenters. The number of aryl methyl sites for hydroxylation is 2. The molecule has 37 heavy (non-hydrogen) atoms. The minimum Gasteiger partial charge on any atom is -0.493 e. The molecule has 0 amide bonds. The largest absolute Gasteiger partial charge is 0.493 e. The number of esters is 1. The van der Waals surface area contributed by atoms with E-state index >= 15 is 0 Å². The van der Waals surface area contributed by atoms with Gasteiger partial charge in [-0.05, 0) is 67.4 Å². The average Bonchev–Trinajstić information content (AvgIpc) is 2.90. The van der Waals surface area contributed by atoms with Crippen molar-refractivity contribution in [3.8, 4) is 28.6 Å². The predicted molar refractivity (Wildman–Crippen MR) is 138 cm³/mol. The lowest BCUT2D eigenvalue weighted by molar-refractivity contribution is 0.0727. The van der Waals surface area contributed by atoms with Gasteiger partial charge in [0.15, 0.2) is 17.3 Å². The van der Waals surface area contributed by atoms with E-state index in [0.717, 1.165) is 11.1 Å². The Balaban J connectivity index is 1.71. The van der Waals surface area contributed by atoms with Gasteiger partial charge in [0.2, 0.25) is 11.2 Å². The van der Waals surface area contributed by atoms with Crippen molar-refractivity contribution in [1.82, 2.24) is 0 Å². The van der Waals surface area contributed by atoms with Crippen LogP contribution in [-0.2, 0) is 0 Å². The number of hydrogen-bond donors (Lipinski definition) is 0. The number of carbonyl (C=O) groups excluding carboxylic acids is 1. The molecule has 2 aromatic heterocycles. The van der Waals surface area contributed by atoms with E-state index in [1.54, 1.807) is 54.6 Å². The fraction of sp³-hybridized carbons (Fsp3) is 0.138. The number of benzene rings is 3. The van der Waals surface area contributed by atoms with Crippen LogP contribution in [0.5, 0.6) is 17.2 Å². The highest BCUT2D eigenvalue weighted by Gasteiger charge is 2.25. The van der Waals surface area contributed by atoms with Crippen molar-refractivity contribution in [2.24, 2.45) is 0 Å². The van der Waals surface area contributed by atoms with E-state index in [1.807, 2.05) is 13.8 Å². The Morgan fingerprint density at radius 3 is 2.27 bits per heavy atom. The van der Waals surface area contributed by atoms with E-state index in [4.69, 9.17) is 23.0 Å². The summed E-state index contributed by atoms with van der Waals surface area (Å²) in [5.41, 5.74) is 1.05. The van der Waals surface area contributed by atoms with E-state index in [2.05, 4.69) is 0 Å². The monoisotopic (exact) mass is 498 g/mol. The molecule has 5 rings (SSSR count). The third-order valence-electron chi connectivity index (χ3n) is 6.17. The fourth-order valence-electron chi connectivity index (χ4n) is 4.05. The molecule has 0 aliphatic carbocycles. The molecule has 0 saturated carbocycles. The Bertz CT molecular complexity index is 1810. The molecule has 2 heterocycles. The molecule has 8 heteroatoms. The van der Waals surface area contributed by atoms with Crippen LogP contribution in [0.1, 0.15) is 21.5 Å². The van der Waals surface area contributed by atoms with Crippen LogP contribution in [-0.4, -0.2) is 20.2 Å². The number of hydrogen-bond acceptors (Lipinski definition) is 8. The second-order valence-corrected chi connectivity index (χ2v) is 8.47. The number of ether oxygens (including phenoxy) is 3. The van der Waals surface area contributed by atoms with Crippen LogP contribution in [0.15, 0.2) is 79.1 Å². The number of rotatable bonds is 5. The van der Waals surface area contributed by atoms with Crippen molar-refractivity contribution in [2.75, 3.05) is 14.2 Å². The van der Waals surface area contributed by atoms with Gasteiger partial charge in [-0.1, -0.05) is 18.2 Å². The van der Waals surface area contributed by atoms with E-state index in [1.165, 1.54) is 20.3 Å². The topological polar surface area (TPSA) is 105 Å². The molecule has 0 N–H and O–H groups in total. The summed E-state index contributed by atoms with van der Waals surface area (Å²) in [6.45, 7) is 3.76. The molecule has 0 saturated heterocycles. The van der Waals surface area contributed by atoms with Gasteiger partial charge in [0.1, 0.15) is 16.7 Å². The SMILES string of the molecule is COc1ccc(-c2oc3cc(C)c(C)cc3c(=O)c2OC(=O)c2cc3ccccc3oc2=O)cc1OC. The van der Waals surface area contributed by atoms with Gasteiger partial charge in [0.25, 0.3) is 0 Å². The Labute approximate surface area is 210 Å².